The van der Waals surface area contributed by atoms with Gasteiger partial charge in [-0.15, -0.1) is 0 Å². The number of carboxylic acid groups (broad SMARTS) is 1. The van der Waals surface area contributed by atoms with Gasteiger partial charge < -0.3 is 15.2 Å². The highest BCUT2D eigenvalue weighted by atomic mass is 16.5. The number of hydrogen-bond acceptors (Lipinski definition) is 4. The monoisotopic (exact) mass is 328 g/mol. The van der Waals surface area contributed by atoms with E-state index < -0.39 is 17.3 Å². The van der Waals surface area contributed by atoms with E-state index in [4.69, 9.17) is 4.74 Å². The minimum atomic E-state index is -1.23. The van der Waals surface area contributed by atoms with Crippen molar-refractivity contribution >= 4 is 11.9 Å². The molecule has 0 saturated heterocycles. The van der Waals surface area contributed by atoms with Gasteiger partial charge in [0.15, 0.2) is 0 Å². The molecule has 2 aromatic rings. The SMILES string of the molecule is COc1nc(C)ccc1C(=O)NCC(C)(C(=O)O)c1ccccc1. The molecule has 0 spiro atoms. The highest BCUT2D eigenvalue weighted by Gasteiger charge is 2.35. The number of carbonyl (C=O) groups excluding carboxylic acids is 1. The molecule has 0 saturated carbocycles. The molecule has 2 rings (SSSR count). The second kappa shape index (κ2) is 7.12. The molecule has 0 radical (unpaired) electrons. The Bertz CT molecular complexity index is 746. The molecule has 1 atom stereocenters. The number of methoxy groups -OCH3 is 1. The van der Waals surface area contributed by atoms with E-state index >= 15 is 0 Å². The van der Waals surface area contributed by atoms with Crippen LogP contribution in [0.15, 0.2) is 42.5 Å². The fourth-order valence-electron chi connectivity index (χ4n) is 2.32. The maximum absolute atomic E-state index is 12.4. The summed E-state index contributed by atoms with van der Waals surface area (Å²) < 4.78 is 5.12. The van der Waals surface area contributed by atoms with Gasteiger partial charge in [-0.2, -0.15) is 0 Å². The van der Waals surface area contributed by atoms with Gasteiger partial charge in [-0.25, -0.2) is 4.98 Å². The fourth-order valence-corrected chi connectivity index (χ4v) is 2.32. The molecular formula is C18H20N2O4. The number of aromatic nitrogens is 1. The molecule has 1 aromatic carbocycles. The first-order valence-electron chi connectivity index (χ1n) is 7.47. The Kier molecular flexibility index (Phi) is 5.18. The first kappa shape index (κ1) is 17.5. The quantitative estimate of drug-likeness (QED) is 0.848. The lowest BCUT2D eigenvalue weighted by Gasteiger charge is -2.25. The number of carboxylic acids is 1. The number of carbonyl (C=O) groups is 2. The molecule has 6 heteroatoms. The summed E-state index contributed by atoms with van der Waals surface area (Å²) in [6.45, 7) is 3.32. The van der Waals surface area contributed by atoms with Crippen LogP contribution in [0.2, 0.25) is 0 Å². The maximum atomic E-state index is 12.4. The first-order chi connectivity index (χ1) is 11.4. The molecule has 0 aliphatic heterocycles. The van der Waals surface area contributed by atoms with E-state index in [0.29, 0.717) is 5.56 Å². The third-order valence-electron chi connectivity index (χ3n) is 3.92. The van der Waals surface area contributed by atoms with E-state index in [9.17, 15) is 14.7 Å². The number of pyridine rings is 1. The summed E-state index contributed by atoms with van der Waals surface area (Å²) in [4.78, 5) is 28.3. The van der Waals surface area contributed by atoms with E-state index in [-0.39, 0.29) is 18.0 Å². The van der Waals surface area contributed by atoms with Crippen molar-refractivity contribution in [1.29, 1.82) is 0 Å². The lowest BCUT2D eigenvalue weighted by Crippen LogP contribution is -2.44. The van der Waals surface area contributed by atoms with Gasteiger partial charge in [-0.05, 0) is 31.5 Å². The van der Waals surface area contributed by atoms with Gasteiger partial charge in [-0.3, -0.25) is 9.59 Å². The van der Waals surface area contributed by atoms with Crippen molar-refractivity contribution in [3.63, 3.8) is 0 Å². The summed E-state index contributed by atoms with van der Waals surface area (Å²) >= 11 is 0. The normalized spacial score (nSPS) is 13.0. The number of nitrogens with zero attached hydrogens (tertiary/aromatic N) is 1. The Balaban J connectivity index is 2.22. The van der Waals surface area contributed by atoms with Crippen molar-refractivity contribution < 1.29 is 19.4 Å². The van der Waals surface area contributed by atoms with Crippen LogP contribution in [0.3, 0.4) is 0 Å². The van der Waals surface area contributed by atoms with Crippen LogP contribution in [0.25, 0.3) is 0 Å². The van der Waals surface area contributed by atoms with Gasteiger partial charge in [0, 0.05) is 12.2 Å². The molecule has 0 fully saturated rings. The van der Waals surface area contributed by atoms with Crippen molar-refractivity contribution in [3.8, 4) is 5.88 Å². The Labute approximate surface area is 140 Å². The minimum Gasteiger partial charge on any atom is -0.481 e. The largest absolute Gasteiger partial charge is 0.481 e. The second-order valence-corrected chi connectivity index (χ2v) is 5.70. The van der Waals surface area contributed by atoms with Crippen LogP contribution in [0.5, 0.6) is 5.88 Å². The average Bonchev–Trinajstić information content (AvgIpc) is 2.59. The zero-order valence-electron chi connectivity index (χ0n) is 13.9. The van der Waals surface area contributed by atoms with E-state index in [0.717, 1.165) is 5.69 Å². The smallest absolute Gasteiger partial charge is 0.315 e. The van der Waals surface area contributed by atoms with E-state index in [2.05, 4.69) is 10.3 Å². The van der Waals surface area contributed by atoms with E-state index in [1.54, 1.807) is 50.2 Å². The second-order valence-electron chi connectivity index (χ2n) is 5.70. The molecular weight excluding hydrogens is 308 g/mol. The van der Waals surface area contributed by atoms with Crippen molar-refractivity contribution in [1.82, 2.24) is 10.3 Å². The number of hydrogen-bond donors (Lipinski definition) is 2. The summed E-state index contributed by atoms with van der Waals surface area (Å²) in [6.07, 6.45) is 0. The maximum Gasteiger partial charge on any atom is 0.315 e. The summed E-state index contributed by atoms with van der Waals surface area (Å²) in [7, 11) is 1.43. The van der Waals surface area contributed by atoms with Crippen LogP contribution in [-0.4, -0.2) is 35.6 Å². The number of rotatable bonds is 6. The van der Waals surface area contributed by atoms with Crippen molar-refractivity contribution in [2.24, 2.45) is 0 Å². The molecule has 1 aromatic heterocycles. The van der Waals surface area contributed by atoms with Crippen LogP contribution in [0.1, 0.15) is 28.5 Å². The molecule has 126 valence electrons. The highest BCUT2D eigenvalue weighted by molar-refractivity contribution is 5.97. The van der Waals surface area contributed by atoms with Crippen LogP contribution in [0, 0.1) is 6.92 Å². The lowest BCUT2D eigenvalue weighted by atomic mass is 9.82. The zero-order chi connectivity index (χ0) is 17.7. The van der Waals surface area contributed by atoms with Gasteiger partial charge in [0.05, 0.1) is 7.11 Å². The summed E-state index contributed by atoms with van der Waals surface area (Å²) in [6, 6.07) is 12.1. The van der Waals surface area contributed by atoms with E-state index in [1.165, 1.54) is 7.11 Å². The molecule has 1 amide bonds. The molecule has 6 nitrogen and oxygen atoms in total. The lowest BCUT2D eigenvalue weighted by molar-refractivity contribution is -0.142. The molecule has 0 aliphatic carbocycles. The van der Waals surface area contributed by atoms with Gasteiger partial charge in [-0.1, -0.05) is 30.3 Å². The Morgan fingerprint density at radius 1 is 1.21 bits per heavy atom. The van der Waals surface area contributed by atoms with E-state index in [1.807, 2.05) is 6.07 Å². The fraction of sp³-hybridized carbons (Fsp3) is 0.278. The van der Waals surface area contributed by atoms with Gasteiger partial charge >= 0.3 is 5.97 Å². The number of aryl methyl sites for hydroxylation is 1. The topological polar surface area (TPSA) is 88.5 Å². The Hall–Kier alpha value is -2.89. The predicted octanol–water partition coefficient (Wildman–Crippen LogP) is 2.17. The Morgan fingerprint density at radius 3 is 2.46 bits per heavy atom. The standard InChI is InChI=1S/C18H20N2O4/c1-12-9-10-14(16(20-12)24-3)15(21)19-11-18(2,17(22)23)13-7-5-4-6-8-13/h4-10H,11H2,1-3H3,(H,19,21)(H,22,23). The number of nitrogens with one attached hydrogen (secondary N) is 1. The number of aliphatic carboxylic acids is 1. The van der Waals surface area contributed by atoms with Crippen LogP contribution >= 0.6 is 0 Å². The minimum absolute atomic E-state index is 0.0534. The molecule has 0 aliphatic rings. The van der Waals surface area contributed by atoms with Crippen LogP contribution < -0.4 is 10.1 Å². The summed E-state index contributed by atoms with van der Waals surface area (Å²) in [5.74, 6) is -1.23. The first-order valence-corrected chi connectivity index (χ1v) is 7.47. The van der Waals surface area contributed by atoms with Gasteiger partial charge in [0.2, 0.25) is 5.88 Å². The van der Waals surface area contributed by atoms with Crippen molar-refractivity contribution in [2.75, 3.05) is 13.7 Å². The third-order valence-corrected chi connectivity index (χ3v) is 3.92. The summed E-state index contributed by atoms with van der Waals surface area (Å²) in [5.41, 5.74) is 0.376. The number of amides is 1. The number of benzene rings is 1. The van der Waals surface area contributed by atoms with Crippen molar-refractivity contribution in [3.05, 3.63) is 59.3 Å². The van der Waals surface area contributed by atoms with Gasteiger partial charge in [0.25, 0.3) is 5.91 Å². The average molecular weight is 328 g/mol. The molecule has 0 bridgehead atoms. The van der Waals surface area contributed by atoms with Crippen molar-refractivity contribution in [2.45, 2.75) is 19.3 Å². The molecule has 24 heavy (non-hydrogen) atoms. The molecule has 1 heterocycles. The van der Waals surface area contributed by atoms with Gasteiger partial charge in [0.1, 0.15) is 11.0 Å². The van der Waals surface area contributed by atoms with Crippen LogP contribution in [0.4, 0.5) is 0 Å². The Morgan fingerprint density at radius 2 is 1.88 bits per heavy atom. The zero-order valence-corrected chi connectivity index (χ0v) is 13.9. The third kappa shape index (κ3) is 3.53. The predicted molar refractivity (Wildman–Crippen MR) is 89.3 cm³/mol. The molecule has 2 N–H and O–H groups in total. The summed E-state index contributed by atoms with van der Waals surface area (Å²) in [5, 5.41) is 12.3. The number of ether oxygens (including phenoxy) is 1. The highest BCUT2D eigenvalue weighted by Crippen LogP contribution is 2.24. The van der Waals surface area contributed by atoms with Crippen LogP contribution in [-0.2, 0) is 10.2 Å². The molecule has 1 unspecified atom stereocenters.